The summed E-state index contributed by atoms with van der Waals surface area (Å²) in [6, 6.07) is 26.6. The summed E-state index contributed by atoms with van der Waals surface area (Å²) in [5.41, 5.74) is 4.84. The van der Waals surface area contributed by atoms with Crippen LogP contribution in [0.2, 0.25) is 0 Å². The van der Waals surface area contributed by atoms with Crippen molar-refractivity contribution in [1.29, 1.82) is 0 Å². The average Bonchev–Trinajstić information content (AvgIpc) is 3.77. The normalized spacial score (nSPS) is 17.3. The van der Waals surface area contributed by atoms with Gasteiger partial charge in [-0.3, -0.25) is 9.59 Å². The number of rotatable bonds is 25. The molecule has 0 spiro atoms. The van der Waals surface area contributed by atoms with Crippen molar-refractivity contribution < 1.29 is 71.2 Å². The third-order valence-corrected chi connectivity index (χ3v) is 13.3. The summed E-state index contributed by atoms with van der Waals surface area (Å²) in [7, 11) is 0. The number of nitrogens with one attached hydrogen (secondary N) is 1. The number of esters is 5. The summed E-state index contributed by atoms with van der Waals surface area (Å²) >= 11 is 1.52. The van der Waals surface area contributed by atoms with Crippen molar-refractivity contribution in [3.05, 3.63) is 135 Å². The molecule has 5 aromatic rings. The standard InChI is InChI=1S/C55H57N3O14S/c1-4-50(59)64-30-29-58-47-9-7-8-10-49(47)73-55(58)57-56-32-41-31-46(65-33-37-11-15-39(16-12-37)53(62)71-44-23-19-42(20-24-44)67-35-69-51(60)5-2)27-28-48(41)66-34-38-13-17-40(18-14-38)54(63)72-45-25-21-43(22-26-45)68-36-70-52(61)6-3/h4-10,19-28,31-32,37-40H,1-3,11-18,29-30,33-36H2/p+1/b56-32+. The SMILES string of the molecule is C=CC(=O)OCC[n+]1c(N/N=C/c2cc(OCC3CCC(C(=O)Oc4ccc(OCOC(=O)C=C)cc4)CC3)ccc2OCC2CCC(C(=O)Oc3ccc(OCOC(=O)C=C)cc3)CC2)sc2ccccc21. The summed E-state index contributed by atoms with van der Waals surface area (Å²) in [6.45, 7) is 11.1. The van der Waals surface area contributed by atoms with E-state index in [1.165, 1.54) is 11.3 Å². The second-order valence-corrected chi connectivity index (χ2v) is 18.2. The van der Waals surface area contributed by atoms with Gasteiger partial charge in [-0.25, -0.2) is 19.0 Å². The van der Waals surface area contributed by atoms with Gasteiger partial charge >= 0.3 is 35.0 Å². The largest absolute Gasteiger partial charge is 0.493 e. The van der Waals surface area contributed by atoms with Gasteiger partial charge in [0.15, 0.2) is 0 Å². The zero-order valence-electron chi connectivity index (χ0n) is 40.3. The van der Waals surface area contributed by atoms with Crippen molar-refractivity contribution in [2.24, 2.45) is 28.8 Å². The topological polar surface area (TPSA) is 197 Å². The first-order valence-electron chi connectivity index (χ1n) is 23.9. The molecule has 0 saturated heterocycles. The lowest BCUT2D eigenvalue weighted by atomic mass is 9.82. The van der Waals surface area contributed by atoms with Gasteiger partial charge in [0, 0.05) is 23.8 Å². The second-order valence-electron chi connectivity index (χ2n) is 17.2. The summed E-state index contributed by atoms with van der Waals surface area (Å²) in [6.07, 6.45) is 10.7. The first-order chi connectivity index (χ1) is 35.6. The maximum atomic E-state index is 13.1. The number of hydrazone groups is 1. The Morgan fingerprint density at radius 2 is 1.08 bits per heavy atom. The lowest BCUT2D eigenvalue weighted by Crippen LogP contribution is -2.37. The highest BCUT2D eigenvalue weighted by Gasteiger charge is 2.30. The fraction of sp³-hybridized carbons (Fsp3) is 0.327. The summed E-state index contributed by atoms with van der Waals surface area (Å²) in [4.78, 5) is 60.5. The summed E-state index contributed by atoms with van der Waals surface area (Å²) in [5.74, 6) is 0.636. The maximum absolute atomic E-state index is 13.1. The lowest BCUT2D eigenvalue weighted by Gasteiger charge is -2.27. The Kier molecular flexibility index (Phi) is 19.5. The van der Waals surface area contributed by atoms with Gasteiger partial charge < -0.3 is 42.6 Å². The smallest absolute Gasteiger partial charge is 0.360 e. The zero-order chi connectivity index (χ0) is 51.4. The van der Waals surface area contributed by atoms with Crippen LogP contribution in [-0.2, 0) is 44.7 Å². The predicted octanol–water partition coefficient (Wildman–Crippen LogP) is 9.08. The van der Waals surface area contributed by atoms with Crippen LogP contribution >= 0.6 is 11.3 Å². The van der Waals surface area contributed by atoms with Crippen molar-refractivity contribution in [3.8, 4) is 34.5 Å². The van der Waals surface area contributed by atoms with Crippen LogP contribution in [0.5, 0.6) is 34.5 Å². The lowest BCUT2D eigenvalue weighted by molar-refractivity contribution is -0.655. The number of carbonyl (C=O) groups is 5. The minimum absolute atomic E-state index is 0.147. The van der Waals surface area contributed by atoms with Gasteiger partial charge in [-0.15, -0.1) is 5.43 Å². The highest BCUT2D eigenvalue weighted by atomic mass is 32.1. The van der Waals surface area contributed by atoms with E-state index in [4.69, 9.17) is 42.6 Å². The molecule has 4 aromatic carbocycles. The van der Waals surface area contributed by atoms with Gasteiger partial charge in [-0.05, 0) is 153 Å². The van der Waals surface area contributed by atoms with E-state index in [0.29, 0.717) is 85.5 Å². The molecule has 2 saturated carbocycles. The number of carbonyl (C=O) groups excluding carboxylic acids is 5. The fourth-order valence-electron chi connectivity index (χ4n) is 8.23. The van der Waals surface area contributed by atoms with Crippen molar-refractivity contribution in [1.82, 2.24) is 0 Å². The molecule has 0 amide bonds. The first-order valence-corrected chi connectivity index (χ1v) is 24.8. The Balaban J connectivity index is 0.936. The van der Waals surface area contributed by atoms with E-state index in [-0.39, 0.29) is 55.8 Å². The first kappa shape index (κ1) is 52.8. The number of thiazole rings is 1. The number of nitrogens with zero attached hydrogens (tertiary/aromatic N) is 2. The average molecular weight is 1020 g/mol. The molecule has 0 radical (unpaired) electrons. The van der Waals surface area contributed by atoms with E-state index in [9.17, 15) is 24.0 Å². The van der Waals surface area contributed by atoms with Crippen LogP contribution in [0.25, 0.3) is 10.2 Å². The fourth-order valence-corrected chi connectivity index (χ4v) is 9.27. The number of aromatic nitrogens is 1. The maximum Gasteiger partial charge on any atom is 0.360 e. The molecule has 0 aliphatic heterocycles. The molecule has 7 rings (SSSR count). The van der Waals surface area contributed by atoms with Crippen LogP contribution in [0.15, 0.2) is 134 Å². The minimum Gasteiger partial charge on any atom is -0.493 e. The number of hydrogen-bond acceptors (Lipinski definition) is 17. The number of ether oxygens (including phenoxy) is 9. The number of para-hydroxylation sites is 1. The van der Waals surface area contributed by atoms with Crippen LogP contribution in [-0.4, -0.2) is 69.5 Å². The van der Waals surface area contributed by atoms with E-state index < -0.39 is 17.9 Å². The van der Waals surface area contributed by atoms with Crippen molar-refractivity contribution in [2.75, 3.05) is 38.8 Å². The summed E-state index contributed by atoms with van der Waals surface area (Å²) in [5, 5.41) is 5.39. The molecule has 0 bridgehead atoms. The van der Waals surface area contributed by atoms with E-state index >= 15 is 0 Å². The minimum atomic E-state index is -0.592. The second kappa shape index (κ2) is 27.0. The Labute approximate surface area is 426 Å². The number of hydrogen-bond donors (Lipinski definition) is 1. The number of benzene rings is 4. The highest BCUT2D eigenvalue weighted by molar-refractivity contribution is 7.21. The van der Waals surface area contributed by atoms with Gasteiger partial charge in [0.05, 0.1) is 36.0 Å². The number of fused-ring (bicyclic) bond motifs is 1. The van der Waals surface area contributed by atoms with Crippen molar-refractivity contribution >= 4 is 62.7 Å². The van der Waals surface area contributed by atoms with E-state index in [1.54, 1.807) is 54.7 Å². The van der Waals surface area contributed by atoms with Crippen LogP contribution in [0, 0.1) is 23.7 Å². The van der Waals surface area contributed by atoms with Gasteiger partial charge in [0.2, 0.25) is 13.6 Å². The quantitative estimate of drug-likeness (QED) is 0.00849. The third kappa shape index (κ3) is 16.0. The van der Waals surface area contributed by atoms with E-state index in [0.717, 1.165) is 59.3 Å². The van der Waals surface area contributed by atoms with Crippen molar-refractivity contribution in [3.63, 3.8) is 0 Å². The van der Waals surface area contributed by atoms with Gasteiger partial charge in [-0.1, -0.05) is 37.0 Å². The monoisotopic (exact) mass is 1020 g/mol. The molecular weight excluding hydrogens is 959 g/mol. The van der Waals surface area contributed by atoms with Crippen LogP contribution in [0.4, 0.5) is 5.13 Å². The molecule has 73 heavy (non-hydrogen) atoms. The molecule has 0 unspecified atom stereocenters. The summed E-state index contributed by atoms with van der Waals surface area (Å²) < 4.78 is 52.9. The molecule has 2 aliphatic rings. The molecule has 17 nitrogen and oxygen atoms in total. The van der Waals surface area contributed by atoms with Gasteiger partial charge in [0.1, 0.15) is 53.2 Å². The molecule has 2 aliphatic carbocycles. The molecule has 18 heteroatoms. The molecule has 2 fully saturated rings. The van der Waals surface area contributed by atoms with Crippen LogP contribution < -0.4 is 38.4 Å². The zero-order valence-corrected chi connectivity index (χ0v) is 41.1. The van der Waals surface area contributed by atoms with Crippen molar-refractivity contribution in [2.45, 2.75) is 57.9 Å². The van der Waals surface area contributed by atoms with Gasteiger partial charge in [0.25, 0.3) is 0 Å². The molecule has 0 atom stereocenters. The molecular formula is C55H58N3O14S+. The Morgan fingerprint density at radius 3 is 1.63 bits per heavy atom. The molecule has 1 aromatic heterocycles. The van der Waals surface area contributed by atoms with Gasteiger partial charge in [-0.2, -0.15) is 0 Å². The highest BCUT2D eigenvalue weighted by Crippen LogP contribution is 2.34. The van der Waals surface area contributed by atoms with Crippen LogP contribution in [0.3, 0.4) is 0 Å². The predicted molar refractivity (Wildman–Crippen MR) is 270 cm³/mol. The molecule has 382 valence electrons. The number of anilines is 1. The third-order valence-electron chi connectivity index (χ3n) is 12.3. The van der Waals surface area contributed by atoms with Crippen LogP contribution in [0.1, 0.15) is 56.9 Å². The van der Waals surface area contributed by atoms with E-state index in [2.05, 4.69) is 30.3 Å². The Hall–Kier alpha value is -7.99. The van der Waals surface area contributed by atoms with E-state index in [1.807, 2.05) is 47.0 Å². The molecule has 1 heterocycles. The molecule has 1 N–H and O–H groups in total. The Bertz CT molecular complexity index is 2740. The Morgan fingerprint density at radius 1 is 0.589 bits per heavy atom.